The number of carbonyl (C=O) groups is 2. The summed E-state index contributed by atoms with van der Waals surface area (Å²) >= 11 is 6.27. The number of nitrogens with one attached hydrogen (secondary N) is 3. The first kappa shape index (κ1) is 23.1. The highest BCUT2D eigenvalue weighted by atomic mass is 35.5. The minimum atomic E-state index is -0.491. The van der Waals surface area contributed by atoms with Crippen molar-refractivity contribution in [2.75, 3.05) is 54.9 Å². The highest BCUT2D eigenvalue weighted by Crippen LogP contribution is 2.36. The molecule has 33 heavy (non-hydrogen) atoms. The molecule has 1 saturated heterocycles. The third-order valence-electron chi connectivity index (χ3n) is 5.91. The fourth-order valence-corrected chi connectivity index (χ4v) is 4.30. The molecule has 2 aromatic rings. The Kier molecular flexibility index (Phi) is 6.90. The van der Waals surface area contributed by atoms with Gasteiger partial charge in [-0.1, -0.05) is 18.5 Å². The number of benzene rings is 2. The zero-order valence-electron chi connectivity index (χ0n) is 18.6. The molecule has 8 nitrogen and oxygen atoms in total. The molecule has 0 aliphatic carbocycles. The summed E-state index contributed by atoms with van der Waals surface area (Å²) in [5.74, 6) is -0.208. The molecule has 0 spiro atoms. The van der Waals surface area contributed by atoms with E-state index < -0.39 is 12.1 Å². The lowest BCUT2D eigenvalue weighted by Crippen LogP contribution is -2.46. The predicted octanol–water partition coefficient (Wildman–Crippen LogP) is 3.83. The third-order valence-corrected chi connectivity index (χ3v) is 6.23. The van der Waals surface area contributed by atoms with E-state index >= 15 is 0 Å². The summed E-state index contributed by atoms with van der Waals surface area (Å²) in [4.78, 5) is 28.8. The maximum Gasteiger partial charge on any atom is 0.319 e. The molecular formula is C23H27ClFN5O3. The van der Waals surface area contributed by atoms with Crippen LogP contribution < -0.4 is 25.6 Å². The first-order valence-electron chi connectivity index (χ1n) is 10.9. The number of piperazine rings is 1. The van der Waals surface area contributed by atoms with Gasteiger partial charge in [-0.15, -0.1) is 0 Å². The molecule has 2 heterocycles. The first-order chi connectivity index (χ1) is 15.8. The summed E-state index contributed by atoms with van der Waals surface area (Å²) in [6, 6.07) is 6.82. The Morgan fingerprint density at radius 3 is 2.73 bits per heavy atom. The summed E-state index contributed by atoms with van der Waals surface area (Å²) in [7, 11) is 0. The Hall–Kier alpha value is -3.04. The fraction of sp³-hybridized carbons (Fsp3) is 0.391. The Morgan fingerprint density at radius 1 is 1.24 bits per heavy atom. The van der Waals surface area contributed by atoms with E-state index in [4.69, 9.17) is 16.3 Å². The summed E-state index contributed by atoms with van der Waals surface area (Å²) < 4.78 is 19.5. The van der Waals surface area contributed by atoms with Gasteiger partial charge in [-0.05, 0) is 37.7 Å². The molecule has 1 fully saturated rings. The number of ether oxygens (including phenoxy) is 1. The molecule has 3 N–H and O–H groups in total. The molecule has 0 aromatic heterocycles. The Bertz CT molecular complexity index is 1060. The molecule has 3 amide bonds. The van der Waals surface area contributed by atoms with E-state index in [1.165, 1.54) is 18.2 Å². The van der Waals surface area contributed by atoms with Gasteiger partial charge in [0.25, 0.3) is 5.91 Å². The Labute approximate surface area is 197 Å². The van der Waals surface area contributed by atoms with Crippen LogP contribution in [0.1, 0.15) is 25.5 Å². The SMILES string of the molecule is CCN1CCN(c2ccc(F)cc2C(C)NC(=O)Nc2cc3c(cc2Cl)NC(=O)CO3)CC1. The molecule has 4 rings (SSSR count). The van der Waals surface area contributed by atoms with Gasteiger partial charge in [0.15, 0.2) is 6.61 Å². The lowest BCUT2D eigenvalue weighted by atomic mass is 10.0. The number of urea groups is 1. The minimum absolute atomic E-state index is 0.105. The van der Waals surface area contributed by atoms with Gasteiger partial charge in [-0.3, -0.25) is 4.79 Å². The molecule has 0 bridgehead atoms. The van der Waals surface area contributed by atoms with Gasteiger partial charge in [0, 0.05) is 43.5 Å². The highest BCUT2D eigenvalue weighted by Gasteiger charge is 2.23. The Morgan fingerprint density at radius 2 is 2.00 bits per heavy atom. The first-order valence-corrected chi connectivity index (χ1v) is 11.3. The predicted molar refractivity (Wildman–Crippen MR) is 127 cm³/mol. The third kappa shape index (κ3) is 5.31. The maximum absolute atomic E-state index is 14.1. The van der Waals surface area contributed by atoms with Crippen LogP contribution in [0.25, 0.3) is 0 Å². The van der Waals surface area contributed by atoms with Crippen molar-refractivity contribution in [2.45, 2.75) is 19.9 Å². The second kappa shape index (κ2) is 9.84. The number of likely N-dealkylation sites (N-methyl/N-ethyl adjacent to an activating group) is 1. The van der Waals surface area contributed by atoms with Crippen molar-refractivity contribution in [3.05, 3.63) is 46.7 Å². The number of hydrogen-bond donors (Lipinski definition) is 3. The summed E-state index contributed by atoms with van der Waals surface area (Å²) in [6.45, 7) is 8.41. The van der Waals surface area contributed by atoms with Crippen LogP contribution in [0.4, 0.5) is 26.2 Å². The largest absolute Gasteiger partial charge is 0.482 e. The molecule has 2 aliphatic heterocycles. The van der Waals surface area contributed by atoms with Crippen LogP contribution in [0.5, 0.6) is 5.75 Å². The molecule has 1 unspecified atom stereocenters. The van der Waals surface area contributed by atoms with Crippen LogP contribution in [0, 0.1) is 5.82 Å². The summed E-state index contributed by atoms with van der Waals surface area (Å²) in [6.07, 6.45) is 0. The number of halogens is 2. The normalized spacial score (nSPS) is 17.0. The van der Waals surface area contributed by atoms with E-state index in [1.807, 2.05) is 6.92 Å². The zero-order valence-corrected chi connectivity index (χ0v) is 19.3. The van der Waals surface area contributed by atoms with Crippen molar-refractivity contribution in [1.29, 1.82) is 0 Å². The van der Waals surface area contributed by atoms with Crippen molar-refractivity contribution in [1.82, 2.24) is 10.2 Å². The molecule has 1 atom stereocenters. The smallest absolute Gasteiger partial charge is 0.319 e. The molecule has 0 saturated carbocycles. The highest BCUT2D eigenvalue weighted by molar-refractivity contribution is 6.34. The van der Waals surface area contributed by atoms with Gasteiger partial charge >= 0.3 is 6.03 Å². The standard InChI is InChI=1S/C23H27ClFN5O3/c1-3-29-6-8-30(9-7-29)20-5-4-15(25)10-16(20)14(2)26-23(32)28-18-12-21-19(11-17(18)24)27-22(31)13-33-21/h4-5,10-12,14H,3,6-9,13H2,1-2H3,(H,27,31)(H2,26,28,32). The quantitative estimate of drug-likeness (QED) is 0.612. The molecule has 10 heteroatoms. The van der Waals surface area contributed by atoms with Crippen molar-refractivity contribution in [3.63, 3.8) is 0 Å². The van der Waals surface area contributed by atoms with E-state index in [-0.39, 0.29) is 23.4 Å². The monoisotopic (exact) mass is 475 g/mol. The lowest BCUT2D eigenvalue weighted by molar-refractivity contribution is -0.118. The fourth-order valence-electron chi connectivity index (χ4n) is 4.09. The van der Waals surface area contributed by atoms with Crippen LogP contribution in [0.2, 0.25) is 5.02 Å². The Balaban J connectivity index is 1.46. The zero-order chi connectivity index (χ0) is 23.5. The number of anilines is 3. The van der Waals surface area contributed by atoms with Gasteiger partial charge in [0.2, 0.25) is 0 Å². The number of rotatable bonds is 5. The van der Waals surface area contributed by atoms with Gasteiger partial charge in [0.05, 0.1) is 22.4 Å². The number of nitrogens with zero attached hydrogens (tertiary/aromatic N) is 2. The van der Waals surface area contributed by atoms with Crippen molar-refractivity contribution in [3.8, 4) is 5.75 Å². The van der Waals surface area contributed by atoms with E-state index in [9.17, 15) is 14.0 Å². The van der Waals surface area contributed by atoms with E-state index in [0.717, 1.165) is 38.4 Å². The summed E-state index contributed by atoms with van der Waals surface area (Å²) in [5, 5.41) is 8.49. The van der Waals surface area contributed by atoms with Crippen LogP contribution in [-0.2, 0) is 4.79 Å². The number of fused-ring (bicyclic) bond motifs is 1. The van der Waals surface area contributed by atoms with Crippen LogP contribution in [-0.4, -0.2) is 56.2 Å². The second-order valence-corrected chi connectivity index (χ2v) is 8.52. The van der Waals surface area contributed by atoms with Crippen LogP contribution >= 0.6 is 11.6 Å². The number of amides is 3. The molecule has 176 valence electrons. The van der Waals surface area contributed by atoms with Gasteiger partial charge in [0.1, 0.15) is 11.6 Å². The van der Waals surface area contributed by atoms with E-state index in [1.54, 1.807) is 12.1 Å². The van der Waals surface area contributed by atoms with Gasteiger partial charge in [-0.2, -0.15) is 0 Å². The maximum atomic E-state index is 14.1. The minimum Gasteiger partial charge on any atom is -0.482 e. The second-order valence-electron chi connectivity index (χ2n) is 8.11. The van der Waals surface area contributed by atoms with Crippen LogP contribution in [0.15, 0.2) is 30.3 Å². The van der Waals surface area contributed by atoms with E-state index in [2.05, 4.69) is 32.7 Å². The van der Waals surface area contributed by atoms with Gasteiger partial charge < -0.3 is 30.5 Å². The lowest BCUT2D eigenvalue weighted by Gasteiger charge is -2.37. The topological polar surface area (TPSA) is 85.9 Å². The van der Waals surface area contributed by atoms with Crippen LogP contribution in [0.3, 0.4) is 0 Å². The molecular weight excluding hydrogens is 449 g/mol. The van der Waals surface area contributed by atoms with E-state index in [0.29, 0.717) is 22.7 Å². The molecule has 2 aromatic carbocycles. The average Bonchev–Trinajstić information content (AvgIpc) is 2.79. The van der Waals surface area contributed by atoms with Crippen molar-refractivity contribution >= 4 is 40.6 Å². The number of hydrogen-bond acceptors (Lipinski definition) is 5. The summed E-state index contributed by atoms with van der Waals surface area (Å²) in [5.41, 5.74) is 2.41. The average molecular weight is 476 g/mol. The molecule has 2 aliphatic rings. The van der Waals surface area contributed by atoms with Crippen molar-refractivity contribution < 1.29 is 18.7 Å². The van der Waals surface area contributed by atoms with Crippen molar-refractivity contribution in [2.24, 2.45) is 0 Å². The number of carbonyl (C=O) groups excluding carboxylic acids is 2. The molecule has 0 radical (unpaired) electrons. The van der Waals surface area contributed by atoms with Gasteiger partial charge in [-0.25, -0.2) is 9.18 Å².